The second-order valence-electron chi connectivity index (χ2n) is 3.38. The molecule has 15 heavy (non-hydrogen) atoms. The van der Waals surface area contributed by atoms with Gasteiger partial charge in [0.2, 0.25) is 0 Å². The monoisotopic (exact) mass is 279 g/mol. The summed E-state index contributed by atoms with van der Waals surface area (Å²) < 4.78 is -2.95. The maximum Gasteiger partial charge on any atom is 0.178 e. The van der Waals surface area contributed by atoms with E-state index in [0.29, 0.717) is 5.56 Å². The summed E-state index contributed by atoms with van der Waals surface area (Å²) in [5.41, 5.74) is -0.629. The van der Waals surface area contributed by atoms with E-state index >= 15 is 0 Å². The molecule has 1 aliphatic rings. The molecule has 0 N–H and O–H groups in total. The molecule has 0 amide bonds. The van der Waals surface area contributed by atoms with Crippen molar-refractivity contribution in [1.29, 1.82) is 5.26 Å². The van der Waals surface area contributed by atoms with Crippen molar-refractivity contribution in [3.63, 3.8) is 0 Å². The SMILES string of the molecule is N#CC1(c2ccccc2)C(Cl)(Cl)C1(Cl)Cl. The van der Waals surface area contributed by atoms with E-state index in [2.05, 4.69) is 0 Å². The second-order valence-corrected chi connectivity index (χ2v) is 6.03. The first kappa shape index (κ1) is 11.4. The van der Waals surface area contributed by atoms with Crippen molar-refractivity contribution < 1.29 is 0 Å². The predicted octanol–water partition coefficient (Wildman–Crippen LogP) is 3.81. The average molecular weight is 281 g/mol. The number of nitrogens with zero attached hydrogens (tertiary/aromatic N) is 1. The van der Waals surface area contributed by atoms with E-state index in [1.54, 1.807) is 24.3 Å². The number of halogens is 4. The van der Waals surface area contributed by atoms with Gasteiger partial charge in [0.25, 0.3) is 0 Å². The van der Waals surface area contributed by atoms with Crippen molar-refractivity contribution >= 4 is 46.4 Å². The number of alkyl halides is 4. The Labute approximate surface area is 107 Å². The summed E-state index contributed by atoms with van der Waals surface area (Å²) in [6, 6.07) is 10.9. The van der Waals surface area contributed by atoms with Crippen LogP contribution in [0, 0.1) is 11.3 Å². The smallest absolute Gasteiger partial charge is 0.178 e. The molecule has 0 spiro atoms. The van der Waals surface area contributed by atoms with Crippen LogP contribution in [0.15, 0.2) is 30.3 Å². The molecule has 1 aliphatic carbocycles. The van der Waals surface area contributed by atoms with Crippen LogP contribution in [0.2, 0.25) is 0 Å². The Kier molecular flexibility index (Phi) is 2.41. The van der Waals surface area contributed by atoms with Gasteiger partial charge in [-0.1, -0.05) is 76.7 Å². The van der Waals surface area contributed by atoms with Crippen LogP contribution >= 0.6 is 46.4 Å². The largest absolute Gasteiger partial charge is 0.197 e. The topological polar surface area (TPSA) is 23.8 Å². The predicted molar refractivity (Wildman–Crippen MR) is 62.6 cm³/mol. The molecule has 0 aliphatic heterocycles. The summed E-state index contributed by atoms with van der Waals surface area (Å²) >= 11 is 23.9. The van der Waals surface area contributed by atoms with E-state index in [-0.39, 0.29) is 0 Å². The highest BCUT2D eigenvalue weighted by atomic mass is 35.5. The van der Waals surface area contributed by atoms with Gasteiger partial charge in [0.15, 0.2) is 14.1 Å². The number of hydrogen-bond acceptors (Lipinski definition) is 1. The average Bonchev–Trinajstić information content (AvgIpc) is 2.55. The summed E-state index contributed by atoms with van der Waals surface area (Å²) in [6.45, 7) is 0. The lowest BCUT2D eigenvalue weighted by atomic mass is 9.98. The molecule has 0 bridgehead atoms. The maximum absolute atomic E-state index is 9.19. The fraction of sp³-hybridized carbons (Fsp3) is 0.300. The van der Waals surface area contributed by atoms with Crippen LogP contribution in [0.5, 0.6) is 0 Å². The van der Waals surface area contributed by atoms with Gasteiger partial charge in [-0.2, -0.15) is 5.26 Å². The zero-order chi connectivity index (χ0) is 11.3. The van der Waals surface area contributed by atoms with E-state index in [1.807, 2.05) is 12.1 Å². The molecule has 1 aromatic rings. The molecule has 0 unspecified atom stereocenters. The number of hydrogen-bond donors (Lipinski definition) is 0. The third kappa shape index (κ3) is 1.11. The number of nitriles is 1. The van der Waals surface area contributed by atoms with Crippen molar-refractivity contribution in [1.82, 2.24) is 0 Å². The molecular weight excluding hydrogens is 276 g/mol. The van der Waals surface area contributed by atoms with Crippen LogP contribution in [-0.2, 0) is 5.41 Å². The number of benzene rings is 1. The van der Waals surface area contributed by atoms with E-state index in [9.17, 15) is 5.26 Å². The molecule has 0 atom stereocenters. The summed E-state index contributed by atoms with van der Waals surface area (Å²) in [6.07, 6.45) is 0. The molecule has 2 rings (SSSR count). The zero-order valence-electron chi connectivity index (χ0n) is 7.35. The molecule has 0 aromatic heterocycles. The Balaban J connectivity index is 2.59. The molecule has 0 saturated heterocycles. The zero-order valence-corrected chi connectivity index (χ0v) is 10.4. The van der Waals surface area contributed by atoms with Crippen molar-refractivity contribution in [3.05, 3.63) is 35.9 Å². The highest BCUT2D eigenvalue weighted by Crippen LogP contribution is 2.77. The van der Waals surface area contributed by atoms with Crippen LogP contribution in [0.1, 0.15) is 5.56 Å². The first-order valence-electron chi connectivity index (χ1n) is 4.14. The summed E-state index contributed by atoms with van der Waals surface area (Å²) in [7, 11) is 0. The van der Waals surface area contributed by atoms with Crippen molar-refractivity contribution in [2.24, 2.45) is 0 Å². The minimum atomic E-state index is -1.47. The van der Waals surface area contributed by atoms with Crippen LogP contribution in [0.25, 0.3) is 0 Å². The van der Waals surface area contributed by atoms with Crippen molar-refractivity contribution in [3.8, 4) is 6.07 Å². The normalized spacial score (nSPS) is 24.2. The first-order chi connectivity index (χ1) is 6.92. The summed E-state index contributed by atoms with van der Waals surface area (Å²) in [4.78, 5) is 0. The van der Waals surface area contributed by atoms with Gasteiger partial charge in [-0.05, 0) is 5.56 Å². The molecule has 0 heterocycles. The van der Waals surface area contributed by atoms with Gasteiger partial charge in [0.05, 0.1) is 6.07 Å². The quantitative estimate of drug-likeness (QED) is 0.718. The Bertz CT molecular complexity index is 418. The minimum Gasteiger partial charge on any atom is -0.197 e. The van der Waals surface area contributed by atoms with Gasteiger partial charge >= 0.3 is 0 Å². The van der Waals surface area contributed by atoms with E-state index in [0.717, 1.165) is 0 Å². The van der Waals surface area contributed by atoms with E-state index < -0.39 is 14.1 Å². The Morgan fingerprint density at radius 1 is 0.933 bits per heavy atom. The van der Waals surface area contributed by atoms with Gasteiger partial charge in [0.1, 0.15) is 0 Å². The lowest BCUT2D eigenvalue weighted by Gasteiger charge is -2.08. The van der Waals surface area contributed by atoms with Gasteiger partial charge in [-0.25, -0.2) is 0 Å². The highest BCUT2D eigenvalue weighted by molar-refractivity contribution is 6.70. The second kappa shape index (κ2) is 3.18. The molecule has 1 fully saturated rings. The van der Waals surface area contributed by atoms with Crippen LogP contribution in [-0.4, -0.2) is 8.67 Å². The molecule has 5 heteroatoms. The molecular formula is C10H5Cl4N. The summed E-state index contributed by atoms with van der Waals surface area (Å²) in [5, 5.41) is 9.19. The van der Waals surface area contributed by atoms with Gasteiger partial charge in [-0.15, -0.1) is 0 Å². The summed E-state index contributed by atoms with van der Waals surface area (Å²) in [5.74, 6) is 0. The Hall–Kier alpha value is -0.130. The fourth-order valence-electron chi connectivity index (χ4n) is 1.67. The molecule has 0 radical (unpaired) electrons. The maximum atomic E-state index is 9.19. The first-order valence-corrected chi connectivity index (χ1v) is 5.65. The van der Waals surface area contributed by atoms with Crippen LogP contribution in [0.4, 0.5) is 0 Å². The van der Waals surface area contributed by atoms with Gasteiger partial charge < -0.3 is 0 Å². The standard InChI is InChI=1S/C10H5Cl4N/c11-9(12)8(6-15,10(9,13)14)7-4-2-1-3-5-7/h1-5H. The van der Waals surface area contributed by atoms with Crippen LogP contribution in [0.3, 0.4) is 0 Å². The fourth-order valence-corrected chi connectivity index (χ4v) is 3.42. The Morgan fingerprint density at radius 2 is 1.40 bits per heavy atom. The third-order valence-electron chi connectivity index (χ3n) is 2.65. The third-order valence-corrected chi connectivity index (χ3v) is 5.30. The van der Waals surface area contributed by atoms with Crippen molar-refractivity contribution in [2.45, 2.75) is 14.1 Å². The highest BCUT2D eigenvalue weighted by Gasteiger charge is 2.89. The molecule has 1 aromatic carbocycles. The van der Waals surface area contributed by atoms with Crippen molar-refractivity contribution in [2.75, 3.05) is 0 Å². The molecule has 78 valence electrons. The minimum absolute atomic E-state index is 0.627. The lowest BCUT2D eigenvalue weighted by molar-refractivity contribution is 0.880. The number of rotatable bonds is 1. The lowest BCUT2D eigenvalue weighted by Crippen LogP contribution is -2.14. The molecule has 1 nitrogen and oxygen atoms in total. The van der Waals surface area contributed by atoms with Gasteiger partial charge in [-0.3, -0.25) is 0 Å². The van der Waals surface area contributed by atoms with E-state index in [4.69, 9.17) is 46.4 Å². The Morgan fingerprint density at radius 3 is 1.73 bits per heavy atom. The molecule has 1 saturated carbocycles. The van der Waals surface area contributed by atoms with Crippen LogP contribution < -0.4 is 0 Å². The van der Waals surface area contributed by atoms with E-state index in [1.165, 1.54) is 0 Å². The van der Waals surface area contributed by atoms with Gasteiger partial charge in [0, 0.05) is 0 Å².